The molecule has 104 valence electrons. The largest absolute Gasteiger partial charge is 0.480 e. The molecule has 1 unspecified atom stereocenters. The van der Waals surface area contributed by atoms with Gasteiger partial charge in [-0.2, -0.15) is 0 Å². The van der Waals surface area contributed by atoms with Crippen LogP contribution in [0.15, 0.2) is 24.3 Å². The number of nitrogens with one attached hydrogen (secondary N) is 1. The van der Waals surface area contributed by atoms with Crippen molar-refractivity contribution in [1.29, 1.82) is 0 Å². The van der Waals surface area contributed by atoms with E-state index < -0.39 is 17.9 Å². The van der Waals surface area contributed by atoms with Gasteiger partial charge in [-0.25, -0.2) is 4.79 Å². The van der Waals surface area contributed by atoms with Crippen molar-refractivity contribution < 1.29 is 14.7 Å². The van der Waals surface area contributed by atoms with E-state index in [2.05, 4.69) is 11.2 Å². The standard InChI is InChI=1S/C16H17NO3/c1-4-5-14(16(19)20)17-15(18)9-8-13-7-6-11(2)10-12(13)3/h1,6-10,14H,5H2,2-3H3,(H,17,18)(H,19,20)/b9-8+. The molecular weight excluding hydrogens is 254 g/mol. The first kappa shape index (κ1) is 15.5. The average molecular weight is 271 g/mol. The van der Waals surface area contributed by atoms with Crippen molar-refractivity contribution in [3.63, 3.8) is 0 Å². The van der Waals surface area contributed by atoms with Crippen molar-refractivity contribution in [3.8, 4) is 12.3 Å². The van der Waals surface area contributed by atoms with Gasteiger partial charge in [0.2, 0.25) is 5.91 Å². The molecule has 4 nitrogen and oxygen atoms in total. The first-order valence-electron chi connectivity index (χ1n) is 6.16. The van der Waals surface area contributed by atoms with Crippen LogP contribution in [0.1, 0.15) is 23.1 Å². The maximum atomic E-state index is 11.7. The molecule has 0 aromatic heterocycles. The molecule has 2 N–H and O–H groups in total. The SMILES string of the molecule is C#CCC(NC(=O)/C=C/c1ccc(C)cc1C)C(=O)O. The van der Waals surface area contributed by atoms with Crippen LogP contribution in [-0.2, 0) is 9.59 Å². The van der Waals surface area contributed by atoms with Gasteiger partial charge < -0.3 is 10.4 Å². The van der Waals surface area contributed by atoms with Gasteiger partial charge in [-0.1, -0.05) is 23.8 Å². The highest BCUT2D eigenvalue weighted by Crippen LogP contribution is 2.11. The van der Waals surface area contributed by atoms with Crippen LogP contribution >= 0.6 is 0 Å². The number of carboxylic acid groups (broad SMARTS) is 1. The van der Waals surface area contributed by atoms with Crippen molar-refractivity contribution in [2.75, 3.05) is 0 Å². The summed E-state index contributed by atoms with van der Waals surface area (Å²) in [7, 11) is 0. The fraction of sp³-hybridized carbons (Fsp3) is 0.250. The van der Waals surface area contributed by atoms with Crippen molar-refractivity contribution in [2.45, 2.75) is 26.3 Å². The molecule has 0 heterocycles. The van der Waals surface area contributed by atoms with Crippen molar-refractivity contribution in [1.82, 2.24) is 5.32 Å². The number of aryl methyl sites for hydroxylation is 2. The number of terminal acetylenes is 1. The molecule has 0 radical (unpaired) electrons. The highest BCUT2D eigenvalue weighted by atomic mass is 16.4. The zero-order chi connectivity index (χ0) is 15.1. The predicted octanol–water partition coefficient (Wildman–Crippen LogP) is 1.91. The summed E-state index contributed by atoms with van der Waals surface area (Å²) in [5.41, 5.74) is 3.10. The summed E-state index contributed by atoms with van der Waals surface area (Å²) in [6.07, 6.45) is 7.98. The van der Waals surface area contributed by atoms with Gasteiger partial charge >= 0.3 is 5.97 Å². The summed E-state index contributed by atoms with van der Waals surface area (Å²) in [5.74, 6) is 0.603. The maximum Gasteiger partial charge on any atom is 0.327 e. The maximum absolute atomic E-state index is 11.7. The second-order valence-corrected chi connectivity index (χ2v) is 4.50. The van der Waals surface area contributed by atoms with Crippen LogP contribution in [-0.4, -0.2) is 23.0 Å². The molecular formula is C16H17NO3. The van der Waals surface area contributed by atoms with E-state index in [9.17, 15) is 9.59 Å². The highest BCUT2D eigenvalue weighted by molar-refractivity contribution is 5.94. The summed E-state index contributed by atoms with van der Waals surface area (Å²) in [6.45, 7) is 3.94. The summed E-state index contributed by atoms with van der Waals surface area (Å²) < 4.78 is 0. The van der Waals surface area contributed by atoms with E-state index in [0.29, 0.717) is 0 Å². The van der Waals surface area contributed by atoms with Crippen LogP contribution in [0, 0.1) is 26.2 Å². The topological polar surface area (TPSA) is 66.4 Å². The number of benzene rings is 1. The smallest absolute Gasteiger partial charge is 0.327 e. The lowest BCUT2D eigenvalue weighted by Gasteiger charge is -2.09. The van der Waals surface area contributed by atoms with E-state index in [4.69, 9.17) is 11.5 Å². The zero-order valence-corrected chi connectivity index (χ0v) is 11.5. The Bertz CT molecular complexity index is 582. The Morgan fingerprint density at radius 3 is 2.70 bits per heavy atom. The molecule has 20 heavy (non-hydrogen) atoms. The number of carbonyl (C=O) groups is 2. The number of hydrogen-bond donors (Lipinski definition) is 2. The second kappa shape index (κ2) is 7.15. The van der Waals surface area contributed by atoms with Crippen LogP contribution in [0.2, 0.25) is 0 Å². The van der Waals surface area contributed by atoms with E-state index in [1.54, 1.807) is 6.08 Å². The Labute approximate surface area is 118 Å². The first-order chi connectivity index (χ1) is 9.43. The Balaban J connectivity index is 2.72. The molecule has 1 amide bonds. The normalized spacial score (nSPS) is 11.8. The molecule has 0 spiro atoms. The molecule has 1 rings (SSSR count). The lowest BCUT2D eigenvalue weighted by Crippen LogP contribution is -2.39. The van der Waals surface area contributed by atoms with Crippen LogP contribution in [0.3, 0.4) is 0 Å². The van der Waals surface area contributed by atoms with Gasteiger partial charge in [0.05, 0.1) is 0 Å². The quantitative estimate of drug-likeness (QED) is 0.635. The molecule has 0 saturated carbocycles. The third-order valence-corrected chi connectivity index (χ3v) is 2.78. The molecule has 0 bridgehead atoms. The van der Waals surface area contributed by atoms with E-state index in [1.165, 1.54) is 6.08 Å². The summed E-state index contributed by atoms with van der Waals surface area (Å²) >= 11 is 0. The van der Waals surface area contributed by atoms with Crippen molar-refractivity contribution >= 4 is 18.0 Å². The Morgan fingerprint density at radius 2 is 2.15 bits per heavy atom. The zero-order valence-electron chi connectivity index (χ0n) is 11.5. The summed E-state index contributed by atoms with van der Waals surface area (Å²) in [5, 5.41) is 11.2. The minimum absolute atomic E-state index is 0.0432. The van der Waals surface area contributed by atoms with Gasteiger partial charge in [0.15, 0.2) is 0 Å². The van der Waals surface area contributed by atoms with E-state index in [1.807, 2.05) is 32.0 Å². The summed E-state index contributed by atoms with van der Waals surface area (Å²) in [6, 6.07) is 4.81. The number of carboxylic acids is 1. The van der Waals surface area contributed by atoms with Gasteiger partial charge in [-0.05, 0) is 31.1 Å². The molecule has 1 aromatic rings. The van der Waals surface area contributed by atoms with Crippen molar-refractivity contribution in [2.24, 2.45) is 0 Å². The number of rotatable bonds is 5. The molecule has 0 aliphatic heterocycles. The van der Waals surface area contributed by atoms with Gasteiger partial charge in [0.25, 0.3) is 0 Å². The molecule has 0 aliphatic carbocycles. The fourth-order valence-corrected chi connectivity index (χ4v) is 1.72. The van der Waals surface area contributed by atoms with Gasteiger partial charge in [0, 0.05) is 12.5 Å². The van der Waals surface area contributed by atoms with Crippen LogP contribution in [0.25, 0.3) is 6.08 Å². The molecule has 1 atom stereocenters. The molecule has 1 aromatic carbocycles. The molecule has 0 saturated heterocycles. The molecule has 0 aliphatic rings. The van der Waals surface area contributed by atoms with E-state index in [0.717, 1.165) is 16.7 Å². The average Bonchev–Trinajstić information content (AvgIpc) is 2.37. The van der Waals surface area contributed by atoms with Gasteiger partial charge in [0.1, 0.15) is 6.04 Å². The highest BCUT2D eigenvalue weighted by Gasteiger charge is 2.17. The predicted molar refractivity (Wildman–Crippen MR) is 78.0 cm³/mol. The Morgan fingerprint density at radius 1 is 1.45 bits per heavy atom. The number of carbonyl (C=O) groups excluding carboxylic acids is 1. The number of hydrogen-bond acceptors (Lipinski definition) is 2. The first-order valence-corrected chi connectivity index (χ1v) is 6.16. The van der Waals surface area contributed by atoms with Crippen LogP contribution in [0.4, 0.5) is 0 Å². The van der Waals surface area contributed by atoms with E-state index in [-0.39, 0.29) is 6.42 Å². The number of aliphatic carboxylic acids is 1. The van der Waals surface area contributed by atoms with E-state index >= 15 is 0 Å². The molecule has 0 fully saturated rings. The van der Waals surface area contributed by atoms with Crippen LogP contribution < -0.4 is 5.32 Å². The lowest BCUT2D eigenvalue weighted by molar-refractivity contribution is -0.141. The summed E-state index contributed by atoms with van der Waals surface area (Å²) in [4.78, 5) is 22.5. The molecule has 4 heteroatoms. The monoisotopic (exact) mass is 271 g/mol. The Hall–Kier alpha value is -2.54. The van der Waals surface area contributed by atoms with Gasteiger partial charge in [-0.3, -0.25) is 4.79 Å². The van der Waals surface area contributed by atoms with Gasteiger partial charge in [-0.15, -0.1) is 12.3 Å². The fourth-order valence-electron chi connectivity index (χ4n) is 1.72. The second-order valence-electron chi connectivity index (χ2n) is 4.50. The van der Waals surface area contributed by atoms with Crippen molar-refractivity contribution in [3.05, 3.63) is 41.0 Å². The third-order valence-electron chi connectivity index (χ3n) is 2.78. The Kier molecular flexibility index (Phi) is 5.55. The minimum atomic E-state index is -1.14. The lowest BCUT2D eigenvalue weighted by atomic mass is 10.1. The van der Waals surface area contributed by atoms with Crippen LogP contribution in [0.5, 0.6) is 0 Å². The third kappa shape index (κ3) is 4.62. The minimum Gasteiger partial charge on any atom is -0.480 e. The number of amides is 1.